The Morgan fingerprint density at radius 1 is 0.237 bits per heavy atom. The van der Waals surface area contributed by atoms with Crippen molar-refractivity contribution in [3.8, 4) is 0 Å². The van der Waals surface area contributed by atoms with Gasteiger partial charge in [0.15, 0.2) is 0 Å². The van der Waals surface area contributed by atoms with E-state index < -0.39 is 130 Å². The molecule has 0 aliphatic heterocycles. The fourth-order valence-electron chi connectivity index (χ4n) is 6.15. The average molecular weight is 1350 g/mol. The number of carboxylic acids is 16. The lowest BCUT2D eigenvalue weighted by atomic mass is 9.84. The number of aliphatic carboxylic acids is 16. The summed E-state index contributed by atoms with van der Waals surface area (Å²) in [6, 6.07) is 0. The number of unbranched alkanes of at least 4 members (excludes halogenated alkanes) is 6. The Hall–Kier alpha value is -8.48. The van der Waals surface area contributed by atoms with Crippen molar-refractivity contribution in [2.75, 3.05) is 0 Å². The maximum atomic E-state index is 10.7. The van der Waals surface area contributed by atoms with E-state index in [1.807, 2.05) is 0 Å². The molecule has 0 amide bonds. The van der Waals surface area contributed by atoms with Gasteiger partial charge in [-0.15, -0.1) is 0 Å². The van der Waals surface area contributed by atoms with Gasteiger partial charge >= 0.3 is 95.5 Å². The molecule has 0 aromatic heterocycles. The molecule has 16 N–H and O–H groups in total. The third kappa shape index (κ3) is 90.0. The lowest BCUT2D eigenvalue weighted by Crippen LogP contribution is -2.25. The summed E-state index contributed by atoms with van der Waals surface area (Å²) < 4.78 is 0. The van der Waals surface area contributed by atoms with Gasteiger partial charge in [-0.2, -0.15) is 0 Å². The summed E-state index contributed by atoms with van der Waals surface area (Å²) in [7, 11) is 0. The van der Waals surface area contributed by atoms with Crippen molar-refractivity contribution in [1.29, 1.82) is 0 Å². The molecule has 0 rings (SSSR count). The van der Waals surface area contributed by atoms with Crippen LogP contribution in [0.15, 0.2) is 0 Å². The molecule has 0 aromatic carbocycles. The molecule has 0 aromatic rings. The van der Waals surface area contributed by atoms with E-state index in [2.05, 4.69) is 0 Å². The molecule has 32 heteroatoms. The second-order valence-electron chi connectivity index (χ2n) is 23.7. The highest BCUT2D eigenvalue weighted by molar-refractivity contribution is 5.75. The number of rotatable bonds is 43. The fraction of sp³-hybridized carbons (Fsp3) is 0.738. The van der Waals surface area contributed by atoms with E-state index in [4.69, 9.17) is 81.7 Å². The van der Waals surface area contributed by atoms with Gasteiger partial charge < -0.3 is 81.7 Å². The average Bonchev–Trinajstić information content (AvgIpc) is 1.29. The van der Waals surface area contributed by atoms with Gasteiger partial charge in [0, 0.05) is 57.8 Å². The third-order valence-corrected chi connectivity index (χ3v) is 12.8. The van der Waals surface area contributed by atoms with Gasteiger partial charge in [-0.1, -0.05) is 60.8 Å². The van der Waals surface area contributed by atoms with Gasteiger partial charge in [0.25, 0.3) is 0 Å². The van der Waals surface area contributed by atoms with Gasteiger partial charge in [-0.05, 0) is 129 Å². The summed E-state index contributed by atoms with van der Waals surface area (Å²) in [6.07, 6.45) is 10.0. The van der Waals surface area contributed by atoms with Crippen molar-refractivity contribution in [3.05, 3.63) is 0 Å². The van der Waals surface area contributed by atoms with E-state index in [0.717, 1.165) is 0 Å². The first kappa shape index (κ1) is 101. The van der Waals surface area contributed by atoms with E-state index in [-0.39, 0.29) is 70.1 Å². The van der Waals surface area contributed by atoms with Crippen molar-refractivity contribution in [3.63, 3.8) is 0 Å². The minimum absolute atomic E-state index is 0.0142. The standard InChI is InChI=1S/C9H16O4.4C8H14O4.2C7H12O4.C6H10O4/c1-6(7(10)11)4-5-9(2,3)8(12)13;1-8(2,5-7(11)12)4-3-6(9)10;1-8(2,7(11)12)5-3-4-6(9)10;1-5(7(9)10)3-4-6(2)8(11)12;1-6(8(11)12)4-2-3-5-7(9)10;2*8-6(9)4-2-1-3-5-7(10)11;7-5(8)3-1-2-4-6(9)10/h6H,4-5H2,1-3H3,(H,10,11)(H,12,13);2*3-5H2,1-2H3,(H,9,10)(H,11,12);5-6H,3-4H2,1-2H3,(H,9,10)(H,11,12);6H,2-5H2,1H3,(H,9,10)(H,11,12);2*1-5H2,(H,8,9)(H,10,11);1-4H2,(H,7,8)(H,9,10). The minimum Gasteiger partial charge on any atom is -0.481 e. The van der Waals surface area contributed by atoms with E-state index in [1.165, 1.54) is 0 Å². The lowest BCUT2D eigenvalue weighted by Gasteiger charge is -2.20. The van der Waals surface area contributed by atoms with Gasteiger partial charge in [-0.25, -0.2) is 0 Å². The first-order valence-electron chi connectivity index (χ1n) is 29.9. The van der Waals surface area contributed by atoms with Crippen LogP contribution in [0.2, 0.25) is 0 Å². The highest BCUT2D eigenvalue weighted by Gasteiger charge is 2.29. The maximum absolute atomic E-state index is 10.7. The van der Waals surface area contributed by atoms with Crippen LogP contribution in [0.1, 0.15) is 249 Å². The van der Waals surface area contributed by atoms with Crippen molar-refractivity contribution >= 4 is 95.5 Å². The molecule has 32 nitrogen and oxygen atoms in total. The van der Waals surface area contributed by atoms with Gasteiger partial charge in [0.2, 0.25) is 0 Å². The van der Waals surface area contributed by atoms with Gasteiger partial charge in [-0.3, -0.25) is 76.7 Å². The molecule has 0 radical (unpaired) electrons. The van der Waals surface area contributed by atoms with Crippen LogP contribution in [-0.2, 0) is 76.7 Å². The van der Waals surface area contributed by atoms with Gasteiger partial charge in [0.1, 0.15) is 0 Å². The first-order chi connectivity index (χ1) is 42.3. The van der Waals surface area contributed by atoms with Crippen molar-refractivity contribution in [1.82, 2.24) is 0 Å². The van der Waals surface area contributed by atoms with Crippen molar-refractivity contribution in [2.24, 2.45) is 39.9 Å². The molecule has 0 aliphatic carbocycles. The molecule has 93 heavy (non-hydrogen) atoms. The first-order valence-corrected chi connectivity index (χ1v) is 29.9. The number of carboxylic acid groups (broad SMARTS) is 16. The Balaban J connectivity index is -0.000000148. The predicted molar refractivity (Wildman–Crippen MR) is 329 cm³/mol. The highest BCUT2D eigenvalue weighted by atomic mass is 16.4. The summed E-state index contributed by atoms with van der Waals surface area (Å²) in [5.74, 6) is -15.4. The lowest BCUT2D eigenvalue weighted by molar-refractivity contribution is -0.149. The van der Waals surface area contributed by atoms with Crippen LogP contribution in [0, 0.1) is 39.9 Å². The third-order valence-electron chi connectivity index (χ3n) is 12.8. The Morgan fingerprint density at radius 3 is 0.688 bits per heavy atom. The summed E-state index contributed by atoms with van der Waals surface area (Å²) in [6.45, 7) is 16.3. The molecule has 0 bridgehead atoms. The number of hydrogen-bond donors (Lipinski definition) is 16. The van der Waals surface area contributed by atoms with Crippen molar-refractivity contribution < 1.29 is 158 Å². The van der Waals surface area contributed by atoms with Crippen LogP contribution in [0.3, 0.4) is 0 Å². The number of hydrogen-bond acceptors (Lipinski definition) is 16. The quantitative estimate of drug-likeness (QED) is 0.0252. The summed E-state index contributed by atoms with van der Waals surface area (Å²) in [4.78, 5) is 163. The molecule has 542 valence electrons. The van der Waals surface area contributed by atoms with Crippen LogP contribution in [-0.4, -0.2) is 177 Å². The second-order valence-corrected chi connectivity index (χ2v) is 23.7. The minimum atomic E-state index is -0.884. The molecule has 0 heterocycles. The van der Waals surface area contributed by atoms with E-state index >= 15 is 0 Å². The van der Waals surface area contributed by atoms with Crippen LogP contribution in [0.25, 0.3) is 0 Å². The topological polar surface area (TPSA) is 597 Å². The zero-order chi connectivity index (χ0) is 74.8. The highest BCUT2D eigenvalue weighted by Crippen LogP contribution is 2.27. The molecule has 0 aliphatic rings. The molecule has 0 spiro atoms. The monoisotopic (exact) mass is 1350 g/mol. The maximum Gasteiger partial charge on any atom is 0.309 e. The fourth-order valence-corrected chi connectivity index (χ4v) is 6.15. The van der Waals surface area contributed by atoms with Crippen molar-refractivity contribution in [2.45, 2.75) is 249 Å². The summed E-state index contributed by atoms with van der Waals surface area (Å²) >= 11 is 0. The molecule has 0 saturated heterocycles. The normalized spacial score (nSPS) is 11.6. The van der Waals surface area contributed by atoms with E-state index in [0.29, 0.717) is 116 Å². The number of carbonyl (C=O) groups is 16. The molecule has 4 unspecified atom stereocenters. The Kier molecular flexibility index (Phi) is 64.7. The van der Waals surface area contributed by atoms with E-state index in [9.17, 15) is 76.7 Å². The van der Waals surface area contributed by atoms with Crippen LogP contribution >= 0.6 is 0 Å². The zero-order valence-corrected chi connectivity index (χ0v) is 55.3. The molecule has 4 atom stereocenters. The summed E-state index contributed by atoms with van der Waals surface area (Å²) in [5.41, 5.74) is -2.07. The Labute approximate surface area is 541 Å². The second kappa shape index (κ2) is 59.8. The molecular formula is C61H106O32. The molecule has 0 saturated carbocycles. The van der Waals surface area contributed by atoms with Crippen LogP contribution in [0.5, 0.6) is 0 Å². The van der Waals surface area contributed by atoms with E-state index in [1.54, 1.807) is 69.2 Å². The smallest absolute Gasteiger partial charge is 0.309 e. The van der Waals surface area contributed by atoms with Crippen LogP contribution < -0.4 is 0 Å². The molecular weight excluding hydrogens is 1240 g/mol. The van der Waals surface area contributed by atoms with Gasteiger partial charge in [0.05, 0.1) is 40.9 Å². The Morgan fingerprint density at radius 2 is 0.452 bits per heavy atom. The molecule has 0 fully saturated rings. The SMILES string of the molecule is CC(C)(CCC(=O)O)CC(=O)O.CC(C)(CCCC(=O)O)C(=O)O.CC(CCC(C)(C)C(=O)O)C(=O)O.CC(CCC(C)C(=O)O)C(=O)O.CC(CCCCC(=O)O)C(=O)O.O=C(O)CCCCC(=O)O.O=C(O)CCCCCC(=O)O.O=C(O)CCCCCC(=O)O. The predicted octanol–water partition coefficient (Wildman–Crippen LogP) is 9.79. The van der Waals surface area contributed by atoms with Crippen LogP contribution in [0.4, 0.5) is 0 Å². The Bertz CT molecular complexity index is 2150. The zero-order valence-electron chi connectivity index (χ0n) is 55.3. The largest absolute Gasteiger partial charge is 0.481 e. The summed E-state index contributed by atoms with van der Waals surface area (Å²) in [5, 5.41) is 134.